The Labute approximate surface area is 115 Å². The average Bonchev–Trinajstić information content (AvgIpc) is 3.06. The summed E-state index contributed by atoms with van der Waals surface area (Å²) in [5.41, 5.74) is 1.59. The lowest BCUT2D eigenvalue weighted by Gasteiger charge is -2.13. The Morgan fingerprint density at radius 2 is 2.30 bits per heavy atom. The molecule has 2 aromatic rings. The number of hydrogen-bond acceptors (Lipinski definition) is 5. The Balaban J connectivity index is 1.74. The molecule has 1 aromatic carbocycles. The van der Waals surface area contributed by atoms with Crippen molar-refractivity contribution in [3.8, 4) is 0 Å². The van der Waals surface area contributed by atoms with E-state index in [-0.39, 0.29) is 17.7 Å². The van der Waals surface area contributed by atoms with Crippen LogP contribution in [-0.2, 0) is 0 Å². The van der Waals surface area contributed by atoms with Gasteiger partial charge < -0.3 is 15.4 Å². The van der Waals surface area contributed by atoms with E-state index in [1.807, 2.05) is 0 Å². The molecule has 20 heavy (non-hydrogen) atoms. The molecule has 1 heterocycles. The largest absolute Gasteiger partial charge is 0.396 e. The molecule has 1 aliphatic carbocycles. The topological polar surface area (TPSA) is 104 Å². The minimum atomic E-state index is -0.423. The molecule has 106 valence electrons. The number of nitro groups is 1. The second-order valence-electron chi connectivity index (χ2n) is 5.37. The first kappa shape index (κ1) is 12.9. The molecule has 3 N–H and O–H groups in total. The van der Waals surface area contributed by atoms with E-state index in [1.54, 1.807) is 6.07 Å². The fourth-order valence-electron chi connectivity index (χ4n) is 2.40. The van der Waals surface area contributed by atoms with Gasteiger partial charge in [0.05, 0.1) is 16.0 Å². The zero-order valence-electron chi connectivity index (χ0n) is 10.9. The summed E-state index contributed by atoms with van der Waals surface area (Å²) >= 11 is 0. The van der Waals surface area contributed by atoms with Gasteiger partial charge in [0.1, 0.15) is 0 Å². The van der Waals surface area contributed by atoms with Crippen molar-refractivity contribution in [1.82, 2.24) is 9.97 Å². The molecule has 3 rings (SSSR count). The van der Waals surface area contributed by atoms with E-state index in [9.17, 15) is 10.1 Å². The zero-order chi connectivity index (χ0) is 14.2. The van der Waals surface area contributed by atoms with Crippen LogP contribution in [-0.4, -0.2) is 33.1 Å². The maximum Gasteiger partial charge on any atom is 0.271 e. The van der Waals surface area contributed by atoms with E-state index in [0.717, 1.165) is 25.8 Å². The Bertz CT molecular complexity index is 648. The first-order valence-corrected chi connectivity index (χ1v) is 6.61. The molecule has 0 saturated heterocycles. The van der Waals surface area contributed by atoms with Gasteiger partial charge in [-0.15, -0.1) is 0 Å². The minimum Gasteiger partial charge on any atom is -0.396 e. The highest BCUT2D eigenvalue weighted by molar-refractivity contribution is 5.79. The quantitative estimate of drug-likeness (QED) is 0.553. The number of imidazole rings is 1. The third kappa shape index (κ3) is 2.44. The van der Waals surface area contributed by atoms with Crippen LogP contribution in [0.25, 0.3) is 11.0 Å². The second kappa shape index (κ2) is 4.75. The number of non-ortho nitro benzene ring substituents is 1. The fraction of sp³-hybridized carbons (Fsp3) is 0.462. The van der Waals surface area contributed by atoms with Crippen molar-refractivity contribution in [3.63, 3.8) is 0 Å². The monoisotopic (exact) mass is 276 g/mol. The van der Waals surface area contributed by atoms with Crippen molar-refractivity contribution >= 4 is 22.7 Å². The number of nitrogens with one attached hydrogen (secondary N) is 2. The molecule has 0 unspecified atom stereocenters. The molecular weight excluding hydrogens is 260 g/mol. The lowest BCUT2D eigenvalue weighted by Crippen LogP contribution is -2.17. The molecular formula is C13H16N4O3. The normalized spacial score (nSPS) is 16.2. The number of anilines is 1. The highest BCUT2D eigenvalue weighted by Crippen LogP contribution is 2.48. The molecule has 7 heteroatoms. The Kier molecular flexibility index (Phi) is 3.06. The molecule has 0 bridgehead atoms. The number of benzene rings is 1. The van der Waals surface area contributed by atoms with Crippen LogP contribution >= 0.6 is 0 Å². The zero-order valence-corrected chi connectivity index (χ0v) is 10.9. The van der Waals surface area contributed by atoms with E-state index in [2.05, 4.69) is 15.3 Å². The van der Waals surface area contributed by atoms with Crippen LogP contribution in [0.3, 0.4) is 0 Å². The van der Waals surface area contributed by atoms with E-state index in [0.29, 0.717) is 17.0 Å². The van der Waals surface area contributed by atoms with Gasteiger partial charge in [0.25, 0.3) is 5.69 Å². The van der Waals surface area contributed by atoms with E-state index in [1.165, 1.54) is 12.1 Å². The number of aliphatic hydroxyl groups excluding tert-OH is 1. The Hall–Kier alpha value is -2.15. The van der Waals surface area contributed by atoms with Gasteiger partial charge in [-0.3, -0.25) is 10.1 Å². The Morgan fingerprint density at radius 1 is 1.50 bits per heavy atom. The van der Waals surface area contributed by atoms with E-state index in [4.69, 9.17) is 5.11 Å². The lowest BCUT2D eigenvalue weighted by atomic mass is 10.0. The number of nitrogens with zero attached hydrogens (tertiary/aromatic N) is 2. The molecule has 0 radical (unpaired) electrons. The number of nitro benzene ring substituents is 1. The maximum atomic E-state index is 10.7. The van der Waals surface area contributed by atoms with Crippen molar-refractivity contribution in [2.45, 2.75) is 19.3 Å². The summed E-state index contributed by atoms with van der Waals surface area (Å²) in [6.45, 7) is 0.962. The van der Waals surface area contributed by atoms with Crippen LogP contribution in [0.15, 0.2) is 18.2 Å². The molecule has 0 spiro atoms. The van der Waals surface area contributed by atoms with E-state index >= 15 is 0 Å². The highest BCUT2D eigenvalue weighted by atomic mass is 16.6. The summed E-state index contributed by atoms with van der Waals surface area (Å²) < 4.78 is 0. The third-order valence-electron chi connectivity index (χ3n) is 3.91. The van der Waals surface area contributed by atoms with Gasteiger partial charge in [0, 0.05) is 25.3 Å². The number of H-pyrrole nitrogens is 1. The summed E-state index contributed by atoms with van der Waals surface area (Å²) in [7, 11) is 0. The molecule has 7 nitrogen and oxygen atoms in total. The summed E-state index contributed by atoms with van der Waals surface area (Å²) in [6, 6.07) is 4.56. The first-order valence-electron chi connectivity index (χ1n) is 6.61. The van der Waals surface area contributed by atoms with Crippen LogP contribution in [0.4, 0.5) is 11.6 Å². The van der Waals surface area contributed by atoms with Crippen LogP contribution in [0.1, 0.15) is 19.3 Å². The third-order valence-corrected chi connectivity index (χ3v) is 3.91. The van der Waals surface area contributed by atoms with Crippen LogP contribution < -0.4 is 5.32 Å². The van der Waals surface area contributed by atoms with Gasteiger partial charge in [-0.1, -0.05) is 0 Å². The first-order chi connectivity index (χ1) is 9.62. The molecule has 0 atom stereocenters. The second-order valence-corrected chi connectivity index (χ2v) is 5.37. The summed E-state index contributed by atoms with van der Waals surface area (Å²) in [4.78, 5) is 17.7. The molecule has 1 fully saturated rings. The van der Waals surface area contributed by atoms with E-state index < -0.39 is 4.92 Å². The number of aromatic nitrogens is 2. The lowest BCUT2D eigenvalue weighted by molar-refractivity contribution is -0.384. The standard InChI is InChI=1S/C13H16N4O3/c18-6-5-13(3-4-13)8-14-12-15-10-2-1-9(17(19)20)7-11(10)16-12/h1-2,7,18H,3-6,8H2,(H2,14,15,16). The number of aromatic amines is 1. The smallest absolute Gasteiger partial charge is 0.271 e. The molecule has 0 amide bonds. The van der Waals surface area contributed by atoms with Gasteiger partial charge in [-0.2, -0.15) is 0 Å². The van der Waals surface area contributed by atoms with Gasteiger partial charge in [-0.25, -0.2) is 4.98 Å². The maximum absolute atomic E-state index is 10.7. The Morgan fingerprint density at radius 3 is 2.95 bits per heavy atom. The fourth-order valence-corrected chi connectivity index (χ4v) is 2.40. The predicted molar refractivity (Wildman–Crippen MR) is 74.6 cm³/mol. The average molecular weight is 276 g/mol. The summed E-state index contributed by atoms with van der Waals surface area (Å²) in [5, 5.41) is 23.0. The number of hydrogen-bond donors (Lipinski definition) is 3. The van der Waals surface area contributed by atoms with Crippen LogP contribution in [0.5, 0.6) is 0 Å². The summed E-state index contributed by atoms with van der Waals surface area (Å²) in [6.07, 6.45) is 3.03. The SMILES string of the molecule is O=[N+]([O-])c1ccc2nc(NCC3(CCO)CC3)[nH]c2c1. The van der Waals surface area contributed by atoms with Crippen molar-refractivity contribution in [2.75, 3.05) is 18.5 Å². The molecule has 1 aromatic heterocycles. The predicted octanol–water partition coefficient (Wildman–Crippen LogP) is 2.05. The summed E-state index contributed by atoms with van der Waals surface area (Å²) in [5.74, 6) is 0.615. The van der Waals surface area contributed by atoms with Gasteiger partial charge >= 0.3 is 0 Å². The number of rotatable bonds is 6. The van der Waals surface area contributed by atoms with Crippen molar-refractivity contribution in [1.29, 1.82) is 0 Å². The van der Waals surface area contributed by atoms with Crippen molar-refractivity contribution in [3.05, 3.63) is 28.3 Å². The van der Waals surface area contributed by atoms with Crippen LogP contribution in [0.2, 0.25) is 0 Å². The minimum absolute atomic E-state index is 0.0478. The van der Waals surface area contributed by atoms with Crippen molar-refractivity contribution in [2.24, 2.45) is 5.41 Å². The molecule has 1 aliphatic rings. The molecule has 1 saturated carbocycles. The van der Waals surface area contributed by atoms with Gasteiger partial charge in [0.15, 0.2) is 0 Å². The van der Waals surface area contributed by atoms with Gasteiger partial charge in [-0.05, 0) is 30.7 Å². The number of aliphatic hydroxyl groups is 1. The number of fused-ring (bicyclic) bond motifs is 1. The van der Waals surface area contributed by atoms with Crippen molar-refractivity contribution < 1.29 is 10.0 Å². The van der Waals surface area contributed by atoms with Gasteiger partial charge in [0.2, 0.25) is 5.95 Å². The molecule has 0 aliphatic heterocycles. The van der Waals surface area contributed by atoms with Crippen LogP contribution in [0, 0.1) is 15.5 Å². The highest BCUT2D eigenvalue weighted by Gasteiger charge is 2.41.